The van der Waals surface area contributed by atoms with Crippen molar-refractivity contribution in [3.63, 3.8) is 0 Å². The van der Waals surface area contributed by atoms with Crippen LogP contribution in [0, 0.1) is 13.8 Å². The largest absolute Gasteiger partial charge is 0.352 e. The van der Waals surface area contributed by atoms with E-state index in [9.17, 15) is 4.79 Å². The Morgan fingerprint density at radius 2 is 1.87 bits per heavy atom. The molecule has 0 aromatic heterocycles. The minimum atomic E-state index is 0.0139. The molecule has 0 spiro atoms. The van der Waals surface area contributed by atoms with Gasteiger partial charge in [0.25, 0.3) is 5.91 Å². The van der Waals surface area contributed by atoms with Crippen molar-refractivity contribution < 1.29 is 4.79 Å². The predicted octanol–water partition coefficient (Wildman–Crippen LogP) is 3.08. The van der Waals surface area contributed by atoms with Crippen molar-refractivity contribution in [1.82, 2.24) is 5.32 Å². The normalized spacial score (nSPS) is 8.87. The molecule has 2 heteroatoms. The monoisotopic (exact) mass is 207 g/mol. The van der Waals surface area contributed by atoms with Gasteiger partial charge in [0.2, 0.25) is 0 Å². The Kier molecular flexibility index (Phi) is 6.43. The van der Waals surface area contributed by atoms with Crippen LogP contribution in [-0.2, 0) is 0 Å². The van der Waals surface area contributed by atoms with E-state index in [0.717, 1.165) is 11.1 Å². The Morgan fingerprint density at radius 3 is 2.33 bits per heavy atom. The second-order valence-corrected chi connectivity index (χ2v) is 3.18. The SMILES string of the molecule is CC.CCNC(=O)c1ccc(C)cc1C. The lowest BCUT2D eigenvalue weighted by Crippen LogP contribution is -2.23. The molecule has 1 rings (SSSR count). The Balaban J connectivity index is 0.000000921. The number of benzene rings is 1. The first kappa shape index (κ1) is 13.7. The molecule has 84 valence electrons. The van der Waals surface area contributed by atoms with Crippen LogP contribution in [0.15, 0.2) is 18.2 Å². The van der Waals surface area contributed by atoms with Gasteiger partial charge in [-0.2, -0.15) is 0 Å². The molecule has 0 radical (unpaired) electrons. The second-order valence-electron chi connectivity index (χ2n) is 3.18. The molecule has 0 heterocycles. The number of nitrogens with one attached hydrogen (secondary N) is 1. The molecule has 0 unspecified atom stereocenters. The smallest absolute Gasteiger partial charge is 0.251 e. The molecule has 0 saturated heterocycles. The predicted molar refractivity (Wildman–Crippen MR) is 65.3 cm³/mol. The van der Waals surface area contributed by atoms with Crippen LogP contribution < -0.4 is 5.32 Å². The van der Waals surface area contributed by atoms with Crippen LogP contribution in [-0.4, -0.2) is 12.5 Å². The number of carbonyl (C=O) groups is 1. The van der Waals surface area contributed by atoms with Gasteiger partial charge in [-0.05, 0) is 32.4 Å². The summed E-state index contributed by atoms with van der Waals surface area (Å²) in [5, 5.41) is 2.78. The number of aryl methyl sites for hydroxylation is 2. The summed E-state index contributed by atoms with van der Waals surface area (Å²) in [5.74, 6) is 0.0139. The molecule has 0 aliphatic rings. The molecule has 0 saturated carbocycles. The Hall–Kier alpha value is -1.31. The van der Waals surface area contributed by atoms with Gasteiger partial charge in [-0.1, -0.05) is 31.5 Å². The van der Waals surface area contributed by atoms with E-state index in [1.807, 2.05) is 52.8 Å². The van der Waals surface area contributed by atoms with Gasteiger partial charge in [-0.3, -0.25) is 4.79 Å². The molecule has 1 N–H and O–H groups in total. The molecule has 0 atom stereocenters. The average molecular weight is 207 g/mol. The third-order valence-electron chi connectivity index (χ3n) is 1.96. The third kappa shape index (κ3) is 4.15. The molecule has 2 nitrogen and oxygen atoms in total. The van der Waals surface area contributed by atoms with E-state index in [1.54, 1.807) is 0 Å². The van der Waals surface area contributed by atoms with Crippen molar-refractivity contribution in [1.29, 1.82) is 0 Å². The Bertz CT molecular complexity index is 318. The minimum absolute atomic E-state index is 0.0139. The van der Waals surface area contributed by atoms with E-state index < -0.39 is 0 Å². The summed E-state index contributed by atoms with van der Waals surface area (Å²) in [4.78, 5) is 11.5. The molecular weight excluding hydrogens is 186 g/mol. The highest BCUT2D eigenvalue weighted by molar-refractivity contribution is 5.95. The molecule has 1 amide bonds. The lowest BCUT2D eigenvalue weighted by atomic mass is 10.1. The van der Waals surface area contributed by atoms with E-state index in [4.69, 9.17) is 0 Å². The van der Waals surface area contributed by atoms with Gasteiger partial charge >= 0.3 is 0 Å². The van der Waals surface area contributed by atoms with Crippen LogP contribution in [0.1, 0.15) is 42.3 Å². The summed E-state index contributed by atoms with van der Waals surface area (Å²) in [6.45, 7) is 10.6. The molecule has 15 heavy (non-hydrogen) atoms. The lowest BCUT2D eigenvalue weighted by molar-refractivity contribution is 0.0955. The second kappa shape index (κ2) is 7.04. The lowest BCUT2D eigenvalue weighted by Gasteiger charge is -2.06. The maximum Gasteiger partial charge on any atom is 0.251 e. The van der Waals surface area contributed by atoms with Gasteiger partial charge in [-0.15, -0.1) is 0 Å². The van der Waals surface area contributed by atoms with E-state index >= 15 is 0 Å². The molecule has 0 aliphatic heterocycles. The van der Waals surface area contributed by atoms with Crippen molar-refractivity contribution in [3.05, 3.63) is 34.9 Å². The maximum absolute atomic E-state index is 11.5. The minimum Gasteiger partial charge on any atom is -0.352 e. The highest BCUT2D eigenvalue weighted by Gasteiger charge is 2.06. The maximum atomic E-state index is 11.5. The summed E-state index contributed by atoms with van der Waals surface area (Å²) in [6, 6.07) is 5.85. The van der Waals surface area contributed by atoms with Crippen LogP contribution in [0.25, 0.3) is 0 Å². The zero-order valence-corrected chi connectivity index (χ0v) is 10.3. The third-order valence-corrected chi connectivity index (χ3v) is 1.96. The van der Waals surface area contributed by atoms with Gasteiger partial charge in [0.05, 0.1) is 0 Å². The Morgan fingerprint density at radius 1 is 1.27 bits per heavy atom. The summed E-state index contributed by atoms with van der Waals surface area (Å²) in [7, 11) is 0. The molecule has 0 bridgehead atoms. The first-order valence-corrected chi connectivity index (χ1v) is 5.50. The number of hydrogen-bond acceptors (Lipinski definition) is 1. The quantitative estimate of drug-likeness (QED) is 0.793. The van der Waals surface area contributed by atoms with E-state index in [0.29, 0.717) is 6.54 Å². The van der Waals surface area contributed by atoms with Gasteiger partial charge in [-0.25, -0.2) is 0 Å². The van der Waals surface area contributed by atoms with E-state index in [2.05, 4.69) is 5.32 Å². The highest BCUT2D eigenvalue weighted by atomic mass is 16.1. The molecular formula is C13H21NO. The van der Waals surface area contributed by atoms with Crippen LogP contribution in [0.5, 0.6) is 0 Å². The Labute approximate surface area is 92.7 Å². The fourth-order valence-electron chi connectivity index (χ4n) is 1.32. The van der Waals surface area contributed by atoms with Crippen LogP contribution in [0.4, 0.5) is 0 Å². The number of amides is 1. The van der Waals surface area contributed by atoms with Crippen LogP contribution >= 0.6 is 0 Å². The fourth-order valence-corrected chi connectivity index (χ4v) is 1.32. The zero-order valence-electron chi connectivity index (χ0n) is 10.3. The van der Waals surface area contributed by atoms with Gasteiger partial charge < -0.3 is 5.32 Å². The topological polar surface area (TPSA) is 29.1 Å². The van der Waals surface area contributed by atoms with E-state index in [1.165, 1.54) is 5.56 Å². The van der Waals surface area contributed by atoms with Crippen molar-refractivity contribution in [2.45, 2.75) is 34.6 Å². The van der Waals surface area contributed by atoms with Crippen LogP contribution in [0.2, 0.25) is 0 Å². The molecule has 0 aliphatic carbocycles. The molecule has 1 aromatic carbocycles. The van der Waals surface area contributed by atoms with Crippen molar-refractivity contribution in [2.75, 3.05) is 6.54 Å². The molecule has 0 fully saturated rings. The number of hydrogen-bond donors (Lipinski definition) is 1. The first-order valence-electron chi connectivity index (χ1n) is 5.50. The number of carbonyl (C=O) groups excluding carboxylic acids is 1. The van der Waals surface area contributed by atoms with Gasteiger partial charge in [0.1, 0.15) is 0 Å². The van der Waals surface area contributed by atoms with Crippen molar-refractivity contribution in [2.24, 2.45) is 0 Å². The van der Waals surface area contributed by atoms with Gasteiger partial charge in [0, 0.05) is 12.1 Å². The summed E-state index contributed by atoms with van der Waals surface area (Å²) >= 11 is 0. The van der Waals surface area contributed by atoms with Gasteiger partial charge in [0.15, 0.2) is 0 Å². The summed E-state index contributed by atoms with van der Waals surface area (Å²) in [5.41, 5.74) is 2.99. The standard InChI is InChI=1S/C11H15NO.C2H6/c1-4-12-11(13)10-6-5-8(2)7-9(10)3;1-2/h5-7H,4H2,1-3H3,(H,12,13);1-2H3. The zero-order chi connectivity index (χ0) is 11.8. The first-order chi connectivity index (χ1) is 7.15. The van der Waals surface area contributed by atoms with E-state index in [-0.39, 0.29) is 5.91 Å². The number of rotatable bonds is 2. The summed E-state index contributed by atoms with van der Waals surface area (Å²) in [6.07, 6.45) is 0. The van der Waals surface area contributed by atoms with Crippen LogP contribution in [0.3, 0.4) is 0 Å². The summed E-state index contributed by atoms with van der Waals surface area (Å²) < 4.78 is 0. The average Bonchev–Trinajstić information content (AvgIpc) is 2.21. The fraction of sp³-hybridized carbons (Fsp3) is 0.462. The highest BCUT2D eigenvalue weighted by Crippen LogP contribution is 2.09. The van der Waals surface area contributed by atoms with Crippen molar-refractivity contribution >= 4 is 5.91 Å². The van der Waals surface area contributed by atoms with Crippen molar-refractivity contribution in [3.8, 4) is 0 Å². The molecule has 1 aromatic rings.